The summed E-state index contributed by atoms with van der Waals surface area (Å²) in [5.74, 6) is -1.69. The normalized spacial score (nSPS) is 25.9. The predicted molar refractivity (Wildman–Crippen MR) is 90.1 cm³/mol. The Labute approximate surface area is 156 Å². The Hall–Kier alpha value is -1.81. The molecule has 0 saturated carbocycles. The maximum atomic E-state index is 11.5. The summed E-state index contributed by atoms with van der Waals surface area (Å²) in [5, 5.41) is -0.520. The second-order valence-electron chi connectivity index (χ2n) is 5.52. The molecule has 1 aliphatic rings. The van der Waals surface area contributed by atoms with Crippen LogP contribution in [0, 0.1) is 0 Å². The average molecular weight is 392 g/mol. The van der Waals surface area contributed by atoms with Crippen LogP contribution in [0.25, 0.3) is 0 Å². The molecule has 0 aliphatic carbocycles. The van der Waals surface area contributed by atoms with Crippen molar-refractivity contribution < 1.29 is 42.9 Å². The van der Waals surface area contributed by atoms with Gasteiger partial charge in [0, 0.05) is 27.7 Å². The van der Waals surface area contributed by atoms with Gasteiger partial charge in [-0.05, 0) is 5.75 Å². The third-order valence-electron chi connectivity index (χ3n) is 3.29. The second-order valence-corrected chi connectivity index (χ2v) is 6.98. The van der Waals surface area contributed by atoms with Crippen LogP contribution in [0.2, 0.25) is 0 Å². The van der Waals surface area contributed by atoms with E-state index in [2.05, 4.69) is 0 Å². The predicted octanol–water partition coefficient (Wildman–Crippen LogP) is 0.823. The van der Waals surface area contributed by atoms with Crippen LogP contribution in [0.3, 0.4) is 0 Å². The van der Waals surface area contributed by atoms with Gasteiger partial charge in [0.2, 0.25) is 6.29 Å². The van der Waals surface area contributed by atoms with Gasteiger partial charge in [-0.3, -0.25) is 19.2 Å². The molecule has 1 aliphatic heterocycles. The molecule has 148 valence electrons. The zero-order chi connectivity index (χ0) is 19.9. The minimum Gasteiger partial charge on any atom is -0.462 e. The van der Waals surface area contributed by atoms with Gasteiger partial charge < -0.3 is 23.7 Å². The van der Waals surface area contributed by atoms with Crippen molar-refractivity contribution in [1.29, 1.82) is 0 Å². The van der Waals surface area contributed by atoms with E-state index in [0.29, 0.717) is 5.75 Å². The van der Waals surface area contributed by atoms with Crippen molar-refractivity contribution in [1.82, 2.24) is 0 Å². The molecule has 0 bridgehead atoms. The first kappa shape index (κ1) is 22.2. The number of thioether (sulfide) groups is 1. The molecule has 1 fully saturated rings. The number of hydrogen-bond donors (Lipinski definition) is 0. The van der Waals surface area contributed by atoms with Crippen molar-refractivity contribution in [3.63, 3.8) is 0 Å². The molecule has 0 N–H and O–H groups in total. The van der Waals surface area contributed by atoms with E-state index in [1.165, 1.54) is 39.5 Å². The molecular weight excluding hydrogens is 368 g/mol. The molecule has 0 radical (unpaired) electrons. The van der Waals surface area contributed by atoms with Gasteiger partial charge in [0.15, 0.2) is 6.10 Å². The molecule has 0 unspecified atom stereocenters. The van der Waals surface area contributed by atoms with Crippen molar-refractivity contribution in [2.45, 2.75) is 64.5 Å². The highest BCUT2D eigenvalue weighted by atomic mass is 32.2. The van der Waals surface area contributed by atoms with E-state index in [4.69, 9.17) is 23.7 Å². The van der Waals surface area contributed by atoms with E-state index in [9.17, 15) is 19.2 Å². The third-order valence-corrected chi connectivity index (χ3v) is 4.49. The molecule has 1 heterocycles. The van der Waals surface area contributed by atoms with Gasteiger partial charge in [-0.2, -0.15) is 0 Å². The first-order chi connectivity index (χ1) is 12.1. The molecule has 5 atom stereocenters. The summed E-state index contributed by atoms with van der Waals surface area (Å²) in [6.45, 7) is 6.47. The highest BCUT2D eigenvalue weighted by Gasteiger charge is 2.52. The van der Waals surface area contributed by atoms with Crippen LogP contribution in [0.4, 0.5) is 0 Å². The van der Waals surface area contributed by atoms with Gasteiger partial charge in [-0.15, -0.1) is 11.8 Å². The summed E-state index contributed by atoms with van der Waals surface area (Å²) < 4.78 is 26.4. The van der Waals surface area contributed by atoms with E-state index in [1.54, 1.807) is 0 Å². The summed E-state index contributed by atoms with van der Waals surface area (Å²) in [7, 11) is 0. The molecule has 0 aromatic rings. The Morgan fingerprint density at radius 3 is 2.04 bits per heavy atom. The summed E-state index contributed by atoms with van der Waals surface area (Å²) in [6, 6.07) is 0. The maximum Gasteiger partial charge on any atom is 0.304 e. The Morgan fingerprint density at radius 1 is 0.962 bits per heavy atom. The molecule has 0 amide bonds. The fourth-order valence-corrected chi connectivity index (χ4v) is 3.57. The topological polar surface area (TPSA) is 114 Å². The Balaban J connectivity index is 3.12. The minimum absolute atomic E-state index is 0.284. The lowest BCUT2D eigenvalue weighted by Crippen LogP contribution is -2.45. The molecule has 0 spiro atoms. The molecule has 0 aromatic heterocycles. The number of carbonyl (C=O) groups is 4. The summed E-state index contributed by atoms with van der Waals surface area (Å²) in [5.41, 5.74) is 0. The monoisotopic (exact) mass is 392 g/mol. The van der Waals surface area contributed by atoms with Gasteiger partial charge in [0.05, 0.1) is 0 Å². The van der Waals surface area contributed by atoms with Crippen molar-refractivity contribution in [3.8, 4) is 0 Å². The number of hydrogen-bond acceptors (Lipinski definition) is 10. The van der Waals surface area contributed by atoms with Gasteiger partial charge in [-0.25, -0.2) is 0 Å². The van der Waals surface area contributed by atoms with Crippen LogP contribution in [-0.2, 0) is 42.9 Å². The fourth-order valence-electron chi connectivity index (χ4n) is 2.51. The number of rotatable bonds is 8. The van der Waals surface area contributed by atoms with Crippen LogP contribution >= 0.6 is 11.8 Å². The molecule has 1 saturated heterocycles. The van der Waals surface area contributed by atoms with Crippen LogP contribution in [0.15, 0.2) is 0 Å². The highest BCUT2D eigenvalue weighted by Crippen LogP contribution is 2.36. The molecule has 10 heteroatoms. The lowest BCUT2D eigenvalue weighted by molar-refractivity contribution is -0.194. The fraction of sp³-hybridized carbons (Fsp3) is 0.750. The van der Waals surface area contributed by atoms with Crippen LogP contribution in [0.1, 0.15) is 34.6 Å². The first-order valence-corrected chi connectivity index (χ1v) is 9.12. The molecule has 1 rings (SSSR count). The molecule has 9 nitrogen and oxygen atoms in total. The molecule has 0 aromatic carbocycles. The number of carbonyl (C=O) groups excluding carboxylic acids is 4. The van der Waals surface area contributed by atoms with E-state index in [-0.39, 0.29) is 6.61 Å². The Kier molecular flexibility index (Phi) is 8.86. The van der Waals surface area contributed by atoms with Gasteiger partial charge in [0.1, 0.15) is 24.1 Å². The van der Waals surface area contributed by atoms with Crippen molar-refractivity contribution in [3.05, 3.63) is 0 Å². The highest BCUT2D eigenvalue weighted by molar-refractivity contribution is 8.00. The van der Waals surface area contributed by atoms with Gasteiger partial charge in [-0.1, -0.05) is 6.92 Å². The second kappa shape index (κ2) is 10.4. The SMILES string of the molecule is CCS[C@H]1[C@@H](OC(C)=O)O[C@@H]([C@@H](COC(C)=O)OC(C)=O)[C@H]1OC(C)=O. The standard InChI is InChI=1S/C16H24O9S/c1-6-26-15-14(23-10(4)19)13(25-16(15)24-11(5)20)12(22-9(3)18)7-21-8(2)17/h12-16H,6-7H2,1-5H3/t12-,13+,14-,15-,16+/m1/s1. The zero-order valence-electron chi connectivity index (χ0n) is 15.4. The third kappa shape index (κ3) is 6.83. The van der Waals surface area contributed by atoms with Crippen LogP contribution in [-0.4, -0.2) is 66.1 Å². The zero-order valence-corrected chi connectivity index (χ0v) is 16.2. The molecular formula is C16H24O9S. The van der Waals surface area contributed by atoms with E-state index < -0.39 is 53.7 Å². The number of esters is 4. The van der Waals surface area contributed by atoms with E-state index >= 15 is 0 Å². The molecule has 26 heavy (non-hydrogen) atoms. The van der Waals surface area contributed by atoms with Gasteiger partial charge in [0.25, 0.3) is 0 Å². The van der Waals surface area contributed by atoms with Crippen molar-refractivity contribution >= 4 is 35.6 Å². The largest absolute Gasteiger partial charge is 0.462 e. The lowest BCUT2D eigenvalue weighted by Gasteiger charge is -2.27. The van der Waals surface area contributed by atoms with Crippen LogP contribution in [0.5, 0.6) is 0 Å². The lowest BCUT2D eigenvalue weighted by atomic mass is 10.1. The number of ether oxygens (including phenoxy) is 5. The maximum absolute atomic E-state index is 11.5. The minimum atomic E-state index is -1.03. The summed E-state index contributed by atoms with van der Waals surface area (Å²) in [4.78, 5) is 45.5. The van der Waals surface area contributed by atoms with E-state index in [0.717, 1.165) is 0 Å². The van der Waals surface area contributed by atoms with Crippen molar-refractivity contribution in [2.24, 2.45) is 0 Å². The quantitative estimate of drug-likeness (QED) is 0.434. The smallest absolute Gasteiger partial charge is 0.304 e. The average Bonchev–Trinajstić information content (AvgIpc) is 2.80. The van der Waals surface area contributed by atoms with Crippen molar-refractivity contribution in [2.75, 3.05) is 12.4 Å². The summed E-state index contributed by atoms with van der Waals surface area (Å²) in [6.07, 6.45) is -3.85. The van der Waals surface area contributed by atoms with Crippen LogP contribution < -0.4 is 0 Å². The van der Waals surface area contributed by atoms with E-state index in [1.807, 2.05) is 6.92 Å². The first-order valence-electron chi connectivity index (χ1n) is 8.07. The Bertz CT molecular complexity index is 536. The van der Waals surface area contributed by atoms with Gasteiger partial charge >= 0.3 is 23.9 Å². The summed E-state index contributed by atoms with van der Waals surface area (Å²) >= 11 is 1.38. The Morgan fingerprint density at radius 2 is 1.58 bits per heavy atom.